The summed E-state index contributed by atoms with van der Waals surface area (Å²) in [4.78, 5) is 17.6. The first-order chi connectivity index (χ1) is 10.9. The molecule has 1 aromatic heterocycles. The van der Waals surface area contributed by atoms with Crippen LogP contribution in [0.3, 0.4) is 0 Å². The van der Waals surface area contributed by atoms with Crippen molar-refractivity contribution in [3.8, 4) is 0 Å². The Kier molecular flexibility index (Phi) is 2.86. The van der Waals surface area contributed by atoms with Crippen molar-refractivity contribution in [1.82, 2.24) is 4.98 Å². The molecule has 0 saturated heterocycles. The van der Waals surface area contributed by atoms with E-state index in [-0.39, 0.29) is 5.91 Å². The van der Waals surface area contributed by atoms with Crippen LogP contribution in [-0.2, 0) is 10.4 Å². The van der Waals surface area contributed by atoms with Crippen molar-refractivity contribution in [2.75, 3.05) is 11.9 Å². The number of amides is 1. The standard InChI is InChI=1S/C18H15ClN2O2/c1-10-16(12-5-3-4-6-14(12)20-10)18(23)13-9-11(19)7-8-15(13)21(2)17(18)22/h3-9,20,23H,1-2H3/t18-/m0/s1. The molecule has 0 radical (unpaired) electrons. The smallest absolute Gasteiger partial charge is 0.268 e. The number of fused-ring (bicyclic) bond motifs is 2. The third kappa shape index (κ3) is 1.73. The number of para-hydroxylation sites is 1. The van der Waals surface area contributed by atoms with Gasteiger partial charge in [0.2, 0.25) is 0 Å². The number of carbonyl (C=O) groups excluding carboxylic acids is 1. The molecule has 3 aromatic rings. The van der Waals surface area contributed by atoms with Gasteiger partial charge in [0.25, 0.3) is 5.91 Å². The van der Waals surface area contributed by atoms with E-state index in [1.165, 1.54) is 4.90 Å². The number of aliphatic hydroxyl groups is 1. The number of aromatic nitrogens is 1. The van der Waals surface area contributed by atoms with E-state index in [1.807, 2.05) is 31.2 Å². The second-order valence-electron chi connectivity index (χ2n) is 5.91. The Morgan fingerprint density at radius 2 is 1.96 bits per heavy atom. The third-order valence-corrected chi connectivity index (χ3v) is 4.81. The number of carbonyl (C=O) groups is 1. The molecule has 4 nitrogen and oxygen atoms in total. The average Bonchev–Trinajstić information content (AvgIpc) is 2.96. The molecule has 2 heterocycles. The summed E-state index contributed by atoms with van der Waals surface area (Å²) in [5.74, 6) is -0.373. The van der Waals surface area contributed by atoms with Crippen LogP contribution in [0.4, 0.5) is 5.69 Å². The van der Waals surface area contributed by atoms with Gasteiger partial charge in [-0.05, 0) is 31.2 Å². The summed E-state index contributed by atoms with van der Waals surface area (Å²) in [5.41, 5.74) is 1.70. The highest BCUT2D eigenvalue weighted by Crippen LogP contribution is 2.47. The molecule has 5 heteroatoms. The maximum absolute atomic E-state index is 12.9. The molecule has 1 atom stereocenters. The zero-order chi connectivity index (χ0) is 16.4. The quantitative estimate of drug-likeness (QED) is 0.720. The molecule has 1 amide bonds. The second kappa shape index (κ2) is 4.60. The molecule has 116 valence electrons. The number of likely N-dealkylation sites (N-methyl/N-ethyl adjacent to an activating group) is 1. The number of nitrogens with one attached hydrogen (secondary N) is 1. The first-order valence-corrected chi connectivity index (χ1v) is 7.70. The molecule has 0 spiro atoms. The molecule has 4 rings (SSSR count). The van der Waals surface area contributed by atoms with Crippen molar-refractivity contribution in [2.24, 2.45) is 0 Å². The topological polar surface area (TPSA) is 56.3 Å². The lowest BCUT2D eigenvalue weighted by molar-refractivity contribution is -0.131. The number of hydrogen-bond donors (Lipinski definition) is 2. The molecule has 2 aromatic carbocycles. The van der Waals surface area contributed by atoms with Crippen molar-refractivity contribution in [3.63, 3.8) is 0 Å². The lowest BCUT2D eigenvalue weighted by Gasteiger charge is -2.23. The van der Waals surface area contributed by atoms with Gasteiger partial charge in [-0.1, -0.05) is 29.8 Å². The normalized spacial score (nSPS) is 20.3. The number of nitrogens with zero attached hydrogens (tertiary/aromatic N) is 1. The van der Waals surface area contributed by atoms with Crippen molar-refractivity contribution in [3.05, 3.63) is 64.3 Å². The van der Waals surface area contributed by atoms with E-state index in [0.717, 1.165) is 16.6 Å². The Bertz CT molecular complexity index is 963. The number of aromatic amines is 1. The van der Waals surface area contributed by atoms with Crippen molar-refractivity contribution < 1.29 is 9.90 Å². The number of benzene rings is 2. The molecule has 0 saturated carbocycles. The number of hydrogen-bond acceptors (Lipinski definition) is 2. The SMILES string of the molecule is Cc1[nH]c2ccccc2c1[C@]1(O)C(=O)N(C)c2ccc(Cl)cc21. The fraction of sp³-hybridized carbons (Fsp3) is 0.167. The number of aryl methyl sites for hydroxylation is 1. The van der Waals surface area contributed by atoms with Crippen LogP contribution in [0.15, 0.2) is 42.5 Å². The fourth-order valence-electron chi connectivity index (χ4n) is 3.54. The highest BCUT2D eigenvalue weighted by atomic mass is 35.5. The minimum absolute atomic E-state index is 0.373. The Balaban J connectivity index is 2.10. The van der Waals surface area contributed by atoms with Gasteiger partial charge >= 0.3 is 0 Å². The predicted molar refractivity (Wildman–Crippen MR) is 90.9 cm³/mol. The number of halogens is 1. The molecular weight excluding hydrogens is 312 g/mol. The van der Waals surface area contributed by atoms with Crippen LogP contribution in [0, 0.1) is 6.92 Å². The predicted octanol–water partition coefficient (Wildman–Crippen LogP) is 3.34. The third-order valence-electron chi connectivity index (χ3n) is 4.58. The van der Waals surface area contributed by atoms with Crippen LogP contribution in [-0.4, -0.2) is 23.0 Å². The lowest BCUT2D eigenvalue weighted by Crippen LogP contribution is -2.39. The van der Waals surface area contributed by atoms with Crippen LogP contribution in [0.2, 0.25) is 5.02 Å². The molecule has 0 bridgehead atoms. The molecule has 1 aliphatic heterocycles. The van der Waals surface area contributed by atoms with Gasteiger partial charge < -0.3 is 15.0 Å². The Morgan fingerprint density at radius 3 is 2.74 bits per heavy atom. The molecule has 0 fully saturated rings. The van der Waals surface area contributed by atoms with Crippen LogP contribution >= 0.6 is 11.6 Å². The Hall–Kier alpha value is -2.30. The zero-order valence-corrected chi connectivity index (χ0v) is 13.5. The minimum Gasteiger partial charge on any atom is -0.372 e. The molecule has 1 aliphatic rings. The molecule has 0 unspecified atom stereocenters. The van der Waals surface area contributed by atoms with Crippen LogP contribution < -0.4 is 4.90 Å². The van der Waals surface area contributed by atoms with Crippen molar-refractivity contribution >= 4 is 34.1 Å². The van der Waals surface area contributed by atoms with E-state index in [4.69, 9.17) is 11.6 Å². The highest BCUT2D eigenvalue weighted by molar-refractivity contribution is 6.31. The van der Waals surface area contributed by atoms with Gasteiger partial charge in [-0.3, -0.25) is 4.79 Å². The van der Waals surface area contributed by atoms with Gasteiger partial charge in [-0.25, -0.2) is 0 Å². The Morgan fingerprint density at radius 1 is 1.22 bits per heavy atom. The maximum atomic E-state index is 12.9. The first kappa shape index (κ1) is 14.3. The van der Waals surface area contributed by atoms with Crippen LogP contribution in [0.1, 0.15) is 16.8 Å². The first-order valence-electron chi connectivity index (χ1n) is 7.33. The molecule has 2 N–H and O–H groups in total. The van der Waals surface area contributed by atoms with E-state index >= 15 is 0 Å². The fourth-order valence-corrected chi connectivity index (χ4v) is 3.71. The number of rotatable bonds is 1. The molecular formula is C18H15ClN2O2. The largest absolute Gasteiger partial charge is 0.372 e. The van der Waals surface area contributed by atoms with E-state index in [0.29, 0.717) is 21.8 Å². The monoisotopic (exact) mass is 326 g/mol. The summed E-state index contributed by atoms with van der Waals surface area (Å²) >= 11 is 6.12. The lowest BCUT2D eigenvalue weighted by atomic mass is 9.85. The maximum Gasteiger partial charge on any atom is 0.268 e. The summed E-state index contributed by atoms with van der Waals surface area (Å²) < 4.78 is 0. The summed E-state index contributed by atoms with van der Waals surface area (Å²) in [6.07, 6.45) is 0. The molecule has 0 aliphatic carbocycles. The Labute approximate surface area is 138 Å². The van der Waals surface area contributed by atoms with Crippen LogP contribution in [0.25, 0.3) is 10.9 Å². The second-order valence-corrected chi connectivity index (χ2v) is 6.34. The summed E-state index contributed by atoms with van der Waals surface area (Å²) in [7, 11) is 1.66. The highest BCUT2D eigenvalue weighted by Gasteiger charge is 2.51. The van der Waals surface area contributed by atoms with E-state index in [2.05, 4.69) is 4.98 Å². The van der Waals surface area contributed by atoms with Gasteiger partial charge in [0.05, 0.1) is 5.69 Å². The van der Waals surface area contributed by atoms with Crippen molar-refractivity contribution in [1.29, 1.82) is 0 Å². The van der Waals surface area contributed by atoms with Gasteiger partial charge in [0.15, 0.2) is 5.60 Å². The summed E-state index contributed by atoms with van der Waals surface area (Å²) in [6.45, 7) is 1.86. The van der Waals surface area contributed by atoms with Gasteiger partial charge in [-0.2, -0.15) is 0 Å². The zero-order valence-electron chi connectivity index (χ0n) is 12.7. The van der Waals surface area contributed by atoms with Crippen LogP contribution in [0.5, 0.6) is 0 Å². The van der Waals surface area contributed by atoms with Crippen molar-refractivity contribution in [2.45, 2.75) is 12.5 Å². The molecule has 23 heavy (non-hydrogen) atoms. The van der Waals surface area contributed by atoms with Gasteiger partial charge in [0.1, 0.15) is 0 Å². The van der Waals surface area contributed by atoms with Gasteiger partial charge in [0, 0.05) is 39.8 Å². The average molecular weight is 327 g/mol. The van der Waals surface area contributed by atoms with Gasteiger partial charge in [-0.15, -0.1) is 0 Å². The summed E-state index contributed by atoms with van der Waals surface area (Å²) in [6, 6.07) is 12.8. The minimum atomic E-state index is -1.74. The van der Waals surface area contributed by atoms with E-state index in [9.17, 15) is 9.90 Å². The number of H-pyrrole nitrogens is 1. The summed E-state index contributed by atoms with van der Waals surface area (Å²) in [5, 5.41) is 12.8. The van der Waals surface area contributed by atoms with E-state index < -0.39 is 5.60 Å². The number of anilines is 1. The van der Waals surface area contributed by atoms with E-state index in [1.54, 1.807) is 25.2 Å².